The molecule has 2 nitrogen and oxygen atoms in total. The fourth-order valence-electron chi connectivity index (χ4n) is 1.63. The summed E-state index contributed by atoms with van der Waals surface area (Å²) in [6.07, 6.45) is 5.29. The van der Waals surface area contributed by atoms with Crippen molar-refractivity contribution in [3.05, 3.63) is 30.1 Å². The van der Waals surface area contributed by atoms with Crippen LogP contribution < -0.4 is 0 Å². The molecule has 1 aromatic rings. The largest absolute Gasteiger partial charge is 0.264 e. The molecule has 0 aliphatic carbocycles. The number of hydrogen-bond acceptors (Lipinski definition) is 2. The predicted octanol–water partition coefficient (Wildman–Crippen LogP) is 2.10. The summed E-state index contributed by atoms with van der Waals surface area (Å²) in [5, 5.41) is 0.900. The molecule has 0 spiro atoms. The Balaban J connectivity index is 2.19. The van der Waals surface area contributed by atoms with Crippen LogP contribution in [0.5, 0.6) is 0 Å². The number of nitrogens with zero attached hydrogens (tertiary/aromatic N) is 2. The van der Waals surface area contributed by atoms with E-state index in [0.29, 0.717) is 6.54 Å². The zero-order valence-electron chi connectivity index (χ0n) is 6.78. The summed E-state index contributed by atoms with van der Waals surface area (Å²) < 4.78 is 13.1. The highest BCUT2D eigenvalue weighted by Crippen LogP contribution is 2.31. The van der Waals surface area contributed by atoms with Crippen molar-refractivity contribution in [3.63, 3.8) is 0 Å². The molecule has 2 rings (SSSR count). The molecule has 1 unspecified atom stereocenters. The van der Waals surface area contributed by atoms with Gasteiger partial charge in [0.05, 0.1) is 6.04 Å². The van der Waals surface area contributed by atoms with Crippen LogP contribution in [0.2, 0.25) is 0 Å². The Morgan fingerprint density at radius 2 is 2.50 bits per heavy atom. The molecule has 0 saturated carbocycles. The number of halogens is 1. The SMILES string of the molecule is FN1CCCC1c1cccnc1. The molecule has 1 saturated heterocycles. The zero-order chi connectivity index (χ0) is 8.39. The maximum Gasteiger partial charge on any atom is 0.0667 e. The first-order valence-electron chi connectivity index (χ1n) is 4.20. The maximum absolute atomic E-state index is 13.1. The molecule has 1 aliphatic rings. The lowest BCUT2D eigenvalue weighted by molar-refractivity contribution is 0.0101. The minimum atomic E-state index is -0.0568. The van der Waals surface area contributed by atoms with Crippen LogP contribution >= 0.6 is 0 Å². The second kappa shape index (κ2) is 3.19. The summed E-state index contributed by atoms with van der Waals surface area (Å²) in [5.41, 5.74) is 0.984. The molecule has 0 bridgehead atoms. The molecule has 0 amide bonds. The van der Waals surface area contributed by atoms with Crippen LogP contribution in [-0.2, 0) is 0 Å². The molecular weight excluding hydrogens is 155 g/mol. The van der Waals surface area contributed by atoms with Gasteiger partial charge in [0.2, 0.25) is 0 Å². The Morgan fingerprint density at radius 3 is 3.08 bits per heavy atom. The van der Waals surface area contributed by atoms with E-state index in [1.165, 1.54) is 0 Å². The van der Waals surface area contributed by atoms with E-state index in [4.69, 9.17) is 0 Å². The van der Waals surface area contributed by atoms with E-state index in [-0.39, 0.29) is 6.04 Å². The Labute approximate surface area is 71.0 Å². The van der Waals surface area contributed by atoms with Crippen molar-refractivity contribution in [1.29, 1.82) is 0 Å². The first-order chi connectivity index (χ1) is 5.88. The molecule has 64 valence electrons. The molecule has 3 heteroatoms. The Morgan fingerprint density at radius 1 is 1.58 bits per heavy atom. The van der Waals surface area contributed by atoms with Crippen molar-refractivity contribution < 1.29 is 4.48 Å². The van der Waals surface area contributed by atoms with Crippen molar-refractivity contribution >= 4 is 0 Å². The normalized spacial score (nSPS) is 24.6. The minimum Gasteiger partial charge on any atom is -0.264 e. The molecule has 2 heterocycles. The topological polar surface area (TPSA) is 16.1 Å². The van der Waals surface area contributed by atoms with Crippen molar-refractivity contribution in [2.75, 3.05) is 6.54 Å². The molecule has 0 N–H and O–H groups in total. The van der Waals surface area contributed by atoms with E-state index in [1.54, 1.807) is 12.4 Å². The Hall–Kier alpha value is -0.960. The lowest BCUT2D eigenvalue weighted by Crippen LogP contribution is -2.12. The maximum atomic E-state index is 13.1. The van der Waals surface area contributed by atoms with Crippen LogP contribution in [0.4, 0.5) is 4.48 Å². The summed E-state index contributed by atoms with van der Waals surface area (Å²) in [5.74, 6) is 0. The summed E-state index contributed by atoms with van der Waals surface area (Å²) in [7, 11) is 0. The molecule has 1 aliphatic heterocycles. The van der Waals surface area contributed by atoms with Gasteiger partial charge in [0.1, 0.15) is 0 Å². The molecule has 1 aromatic heterocycles. The Bertz CT molecular complexity index is 250. The molecular formula is C9H11FN2. The van der Waals surface area contributed by atoms with Crippen molar-refractivity contribution in [2.45, 2.75) is 18.9 Å². The third kappa shape index (κ3) is 1.32. The highest BCUT2D eigenvalue weighted by atomic mass is 19.2. The van der Waals surface area contributed by atoms with Crippen LogP contribution in [0, 0.1) is 0 Å². The van der Waals surface area contributed by atoms with E-state index < -0.39 is 0 Å². The zero-order valence-corrected chi connectivity index (χ0v) is 6.78. The van der Waals surface area contributed by atoms with E-state index in [2.05, 4.69) is 4.98 Å². The number of hydrogen-bond donors (Lipinski definition) is 0. The standard InChI is InChI=1S/C9H11FN2/c10-12-6-2-4-9(12)8-3-1-5-11-7-8/h1,3,5,7,9H,2,4,6H2. The van der Waals surface area contributed by atoms with Gasteiger partial charge in [0.15, 0.2) is 0 Å². The number of pyridine rings is 1. The predicted molar refractivity (Wildman–Crippen MR) is 44.0 cm³/mol. The van der Waals surface area contributed by atoms with Crippen LogP contribution in [0.25, 0.3) is 0 Å². The fraction of sp³-hybridized carbons (Fsp3) is 0.444. The van der Waals surface area contributed by atoms with Gasteiger partial charge in [-0.15, -0.1) is 9.60 Å². The number of rotatable bonds is 1. The van der Waals surface area contributed by atoms with Gasteiger partial charge in [0, 0.05) is 18.9 Å². The van der Waals surface area contributed by atoms with Gasteiger partial charge < -0.3 is 0 Å². The third-order valence-electron chi connectivity index (χ3n) is 2.26. The van der Waals surface area contributed by atoms with Gasteiger partial charge in [-0.2, -0.15) is 0 Å². The van der Waals surface area contributed by atoms with Gasteiger partial charge in [-0.3, -0.25) is 4.98 Å². The highest BCUT2D eigenvalue weighted by molar-refractivity contribution is 5.14. The van der Waals surface area contributed by atoms with Crippen LogP contribution in [0.1, 0.15) is 24.4 Å². The van der Waals surface area contributed by atoms with Gasteiger partial charge in [-0.1, -0.05) is 6.07 Å². The van der Waals surface area contributed by atoms with Crippen LogP contribution in [0.15, 0.2) is 24.5 Å². The summed E-state index contributed by atoms with van der Waals surface area (Å²) in [4.78, 5) is 3.97. The van der Waals surface area contributed by atoms with Gasteiger partial charge in [0.25, 0.3) is 0 Å². The summed E-state index contributed by atoms with van der Waals surface area (Å²) in [6, 6.07) is 3.72. The molecule has 0 radical (unpaired) electrons. The second-order valence-electron chi connectivity index (χ2n) is 3.07. The minimum absolute atomic E-state index is 0.0568. The van der Waals surface area contributed by atoms with Crippen molar-refractivity contribution in [3.8, 4) is 0 Å². The van der Waals surface area contributed by atoms with Crippen LogP contribution in [0.3, 0.4) is 0 Å². The van der Waals surface area contributed by atoms with Gasteiger partial charge in [-0.05, 0) is 24.5 Å². The molecule has 1 atom stereocenters. The third-order valence-corrected chi connectivity index (χ3v) is 2.26. The lowest BCUT2D eigenvalue weighted by atomic mass is 10.1. The quantitative estimate of drug-likeness (QED) is 0.594. The second-order valence-corrected chi connectivity index (χ2v) is 3.07. The lowest BCUT2D eigenvalue weighted by Gasteiger charge is -2.14. The van der Waals surface area contributed by atoms with Crippen LogP contribution in [-0.4, -0.2) is 16.7 Å². The van der Waals surface area contributed by atoms with Gasteiger partial charge >= 0.3 is 0 Å². The summed E-state index contributed by atoms with van der Waals surface area (Å²) >= 11 is 0. The fourth-order valence-corrected chi connectivity index (χ4v) is 1.63. The molecule has 0 aromatic carbocycles. The molecule has 1 fully saturated rings. The highest BCUT2D eigenvalue weighted by Gasteiger charge is 2.25. The van der Waals surface area contributed by atoms with E-state index >= 15 is 0 Å². The van der Waals surface area contributed by atoms with E-state index in [9.17, 15) is 4.48 Å². The molecule has 12 heavy (non-hydrogen) atoms. The van der Waals surface area contributed by atoms with Crippen molar-refractivity contribution in [1.82, 2.24) is 10.1 Å². The van der Waals surface area contributed by atoms with E-state index in [1.807, 2.05) is 12.1 Å². The van der Waals surface area contributed by atoms with Crippen molar-refractivity contribution in [2.24, 2.45) is 0 Å². The monoisotopic (exact) mass is 166 g/mol. The Kier molecular flexibility index (Phi) is 2.04. The van der Waals surface area contributed by atoms with Gasteiger partial charge in [-0.25, -0.2) is 0 Å². The smallest absolute Gasteiger partial charge is 0.0667 e. The first kappa shape index (κ1) is 7.68. The number of aromatic nitrogens is 1. The average Bonchev–Trinajstić information content (AvgIpc) is 2.53. The average molecular weight is 166 g/mol. The first-order valence-corrected chi connectivity index (χ1v) is 4.20. The van der Waals surface area contributed by atoms with E-state index in [0.717, 1.165) is 23.5 Å². The summed E-state index contributed by atoms with van der Waals surface area (Å²) in [6.45, 7) is 0.555.